The summed E-state index contributed by atoms with van der Waals surface area (Å²) < 4.78 is 1.53. The predicted octanol–water partition coefficient (Wildman–Crippen LogP) is 2.75. The van der Waals surface area contributed by atoms with Gasteiger partial charge in [0.2, 0.25) is 0 Å². The summed E-state index contributed by atoms with van der Waals surface area (Å²) in [6, 6.07) is 18.0. The topological polar surface area (TPSA) is 47.8 Å². The number of hydrogen-bond acceptors (Lipinski definition) is 3. The fraction of sp³-hybridized carbons (Fsp3) is 0.118. The molecule has 0 unspecified atom stereocenters. The van der Waals surface area contributed by atoms with Crippen LogP contribution in [0.4, 0.5) is 0 Å². The molecule has 1 aromatic heterocycles. The van der Waals surface area contributed by atoms with Gasteiger partial charge in [0.25, 0.3) is 0 Å². The van der Waals surface area contributed by atoms with Crippen LogP contribution in [0.3, 0.4) is 0 Å². The van der Waals surface area contributed by atoms with Crippen LogP contribution in [0.5, 0.6) is 0 Å². The number of aromatic nitrogens is 3. The number of nitrogens with zero attached hydrogens (tertiary/aromatic N) is 3. The second kappa shape index (κ2) is 6.13. The Kier molecular flexibility index (Phi) is 3.87. The lowest BCUT2D eigenvalue weighted by atomic mass is 10.0. The first-order valence-electron chi connectivity index (χ1n) is 6.80. The summed E-state index contributed by atoms with van der Waals surface area (Å²) in [4.78, 5) is 15.9. The second-order valence-corrected chi connectivity index (χ2v) is 4.88. The molecule has 4 heteroatoms. The molecule has 0 aliphatic rings. The van der Waals surface area contributed by atoms with Crippen molar-refractivity contribution in [1.29, 1.82) is 0 Å². The van der Waals surface area contributed by atoms with Gasteiger partial charge in [0, 0.05) is 5.56 Å². The van der Waals surface area contributed by atoms with E-state index in [9.17, 15) is 4.79 Å². The van der Waals surface area contributed by atoms with Crippen molar-refractivity contribution < 1.29 is 4.79 Å². The van der Waals surface area contributed by atoms with Crippen LogP contribution in [0.25, 0.3) is 0 Å². The Labute approximate surface area is 123 Å². The van der Waals surface area contributed by atoms with Crippen molar-refractivity contribution in [3.63, 3.8) is 0 Å². The molecule has 2 aromatic carbocycles. The molecule has 0 fully saturated rings. The van der Waals surface area contributed by atoms with Crippen molar-refractivity contribution in [2.24, 2.45) is 0 Å². The molecule has 0 N–H and O–H groups in total. The first-order valence-corrected chi connectivity index (χ1v) is 6.80. The Morgan fingerprint density at radius 3 is 2.33 bits per heavy atom. The minimum Gasteiger partial charge on any atom is -0.292 e. The molecule has 4 nitrogen and oxygen atoms in total. The monoisotopic (exact) mass is 277 g/mol. The Hall–Kier alpha value is -2.75. The predicted molar refractivity (Wildman–Crippen MR) is 80.0 cm³/mol. The lowest BCUT2D eigenvalue weighted by molar-refractivity contribution is 0.0967. The highest BCUT2D eigenvalue weighted by molar-refractivity contribution is 5.95. The Bertz CT molecular complexity index is 704. The molecular weight excluding hydrogens is 262 g/mol. The molecule has 0 atom stereocenters. The van der Waals surface area contributed by atoms with Crippen LogP contribution in [-0.4, -0.2) is 20.5 Å². The zero-order chi connectivity index (χ0) is 14.5. The van der Waals surface area contributed by atoms with Gasteiger partial charge in [-0.1, -0.05) is 54.6 Å². The summed E-state index contributed by atoms with van der Waals surface area (Å²) in [5.74, 6) is 0.0340. The maximum atomic E-state index is 12.1. The smallest absolute Gasteiger partial charge is 0.184 e. The molecule has 0 aliphatic carbocycles. The number of carbonyl (C=O) groups excluding carboxylic acids is 1. The molecule has 0 saturated heterocycles. The Morgan fingerprint density at radius 1 is 0.952 bits per heavy atom. The van der Waals surface area contributed by atoms with E-state index < -0.39 is 0 Å². The van der Waals surface area contributed by atoms with Gasteiger partial charge in [0.15, 0.2) is 5.78 Å². The van der Waals surface area contributed by atoms with Crippen molar-refractivity contribution in [3.05, 3.63) is 83.9 Å². The van der Waals surface area contributed by atoms with E-state index in [1.54, 1.807) is 6.33 Å². The number of Topliss-reactive ketones (excluding diaryl/α,β-unsaturated/α-hetero) is 1. The first-order chi connectivity index (χ1) is 10.3. The van der Waals surface area contributed by atoms with E-state index in [0.717, 1.165) is 6.42 Å². The van der Waals surface area contributed by atoms with Crippen LogP contribution in [0.1, 0.15) is 21.5 Å². The van der Waals surface area contributed by atoms with Gasteiger partial charge in [0.05, 0.1) is 0 Å². The molecule has 3 aromatic rings. The number of carbonyl (C=O) groups is 1. The molecular formula is C17H15N3O. The van der Waals surface area contributed by atoms with Gasteiger partial charge >= 0.3 is 0 Å². The molecule has 21 heavy (non-hydrogen) atoms. The average Bonchev–Trinajstić information content (AvgIpc) is 3.02. The molecule has 0 spiro atoms. The van der Waals surface area contributed by atoms with E-state index >= 15 is 0 Å². The number of rotatable bonds is 5. The molecule has 0 radical (unpaired) electrons. The molecule has 0 bridgehead atoms. The largest absolute Gasteiger partial charge is 0.292 e. The van der Waals surface area contributed by atoms with Crippen LogP contribution in [0, 0.1) is 0 Å². The third-order valence-corrected chi connectivity index (χ3v) is 3.30. The summed E-state index contributed by atoms with van der Waals surface area (Å²) in [6.45, 7) is 0.220. The van der Waals surface area contributed by atoms with E-state index in [1.165, 1.54) is 22.1 Å². The van der Waals surface area contributed by atoms with Crippen molar-refractivity contribution >= 4 is 5.78 Å². The van der Waals surface area contributed by atoms with Crippen molar-refractivity contribution in [3.8, 4) is 0 Å². The summed E-state index contributed by atoms with van der Waals surface area (Å²) in [7, 11) is 0. The van der Waals surface area contributed by atoms with Gasteiger partial charge in [-0.3, -0.25) is 4.79 Å². The first kappa shape index (κ1) is 13.2. The van der Waals surface area contributed by atoms with E-state index in [0.29, 0.717) is 5.56 Å². The van der Waals surface area contributed by atoms with E-state index in [1.807, 2.05) is 42.5 Å². The van der Waals surface area contributed by atoms with Gasteiger partial charge < -0.3 is 0 Å². The van der Waals surface area contributed by atoms with E-state index in [-0.39, 0.29) is 12.3 Å². The quantitative estimate of drug-likeness (QED) is 0.674. The van der Waals surface area contributed by atoms with Gasteiger partial charge in [-0.25, -0.2) is 9.67 Å². The van der Waals surface area contributed by atoms with Crippen LogP contribution < -0.4 is 0 Å². The summed E-state index contributed by atoms with van der Waals surface area (Å²) >= 11 is 0. The summed E-state index contributed by atoms with van der Waals surface area (Å²) in [5, 5.41) is 3.94. The Balaban J connectivity index is 1.68. The highest BCUT2D eigenvalue weighted by Gasteiger charge is 2.07. The molecule has 0 amide bonds. The minimum absolute atomic E-state index is 0.0340. The maximum Gasteiger partial charge on any atom is 0.184 e. The van der Waals surface area contributed by atoms with Gasteiger partial charge in [0.1, 0.15) is 19.2 Å². The van der Waals surface area contributed by atoms with Crippen molar-refractivity contribution in [2.45, 2.75) is 13.0 Å². The normalized spacial score (nSPS) is 10.5. The standard InChI is InChI=1S/C17H15N3O/c21-17(11-20-13-18-12-19-20)16-8-6-15(7-9-16)10-14-4-2-1-3-5-14/h1-9,12-13H,10-11H2. The molecule has 1 heterocycles. The van der Waals surface area contributed by atoms with E-state index in [4.69, 9.17) is 0 Å². The van der Waals surface area contributed by atoms with Crippen LogP contribution in [0.15, 0.2) is 67.3 Å². The number of ketones is 1. The number of benzene rings is 2. The third kappa shape index (κ3) is 3.42. The fourth-order valence-corrected chi connectivity index (χ4v) is 2.19. The highest BCUT2D eigenvalue weighted by atomic mass is 16.1. The zero-order valence-electron chi connectivity index (χ0n) is 11.5. The lowest BCUT2D eigenvalue weighted by Crippen LogP contribution is -2.10. The summed E-state index contributed by atoms with van der Waals surface area (Å²) in [6.07, 6.45) is 3.84. The zero-order valence-corrected chi connectivity index (χ0v) is 11.5. The van der Waals surface area contributed by atoms with Crippen LogP contribution >= 0.6 is 0 Å². The van der Waals surface area contributed by atoms with Gasteiger partial charge in [-0.15, -0.1) is 0 Å². The van der Waals surface area contributed by atoms with E-state index in [2.05, 4.69) is 22.2 Å². The number of hydrogen-bond donors (Lipinski definition) is 0. The Morgan fingerprint density at radius 2 is 1.67 bits per heavy atom. The highest BCUT2D eigenvalue weighted by Crippen LogP contribution is 2.11. The molecule has 0 aliphatic heterocycles. The van der Waals surface area contributed by atoms with Crippen LogP contribution in [-0.2, 0) is 13.0 Å². The minimum atomic E-state index is 0.0340. The fourth-order valence-electron chi connectivity index (χ4n) is 2.19. The van der Waals surface area contributed by atoms with Crippen molar-refractivity contribution in [2.75, 3.05) is 0 Å². The molecule has 0 saturated carbocycles. The maximum absolute atomic E-state index is 12.1. The SMILES string of the molecule is O=C(Cn1cncn1)c1ccc(Cc2ccccc2)cc1. The molecule has 3 rings (SSSR count). The van der Waals surface area contributed by atoms with Crippen molar-refractivity contribution in [1.82, 2.24) is 14.8 Å². The summed E-state index contributed by atoms with van der Waals surface area (Å²) in [5.41, 5.74) is 3.15. The third-order valence-electron chi connectivity index (χ3n) is 3.30. The lowest BCUT2D eigenvalue weighted by Gasteiger charge is -2.04. The second-order valence-electron chi connectivity index (χ2n) is 4.88. The van der Waals surface area contributed by atoms with Gasteiger partial charge in [-0.05, 0) is 17.5 Å². The van der Waals surface area contributed by atoms with Gasteiger partial charge in [-0.2, -0.15) is 5.10 Å². The average molecular weight is 277 g/mol. The molecule has 104 valence electrons. The van der Waals surface area contributed by atoms with Crippen LogP contribution in [0.2, 0.25) is 0 Å².